The molecule has 0 bridgehead atoms. The van der Waals surface area contributed by atoms with E-state index in [0.29, 0.717) is 0 Å². The van der Waals surface area contributed by atoms with Gasteiger partial charge in [-0.15, -0.1) is 0 Å². The number of ether oxygens (including phenoxy) is 10. The number of fused-ring (bicyclic) bond motifs is 1. The van der Waals surface area contributed by atoms with E-state index in [1.807, 2.05) is 60.7 Å². The Bertz CT molecular complexity index is 1280. The third kappa shape index (κ3) is 8.68. The lowest BCUT2D eigenvalue weighted by atomic mass is 9.96. The Morgan fingerprint density at radius 1 is 0.804 bits per heavy atom. The summed E-state index contributed by atoms with van der Waals surface area (Å²) in [5.41, 5.74) is 1.73. The van der Waals surface area contributed by atoms with Crippen LogP contribution >= 0.6 is 0 Å². The van der Waals surface area contributed by atoms with Crippen LogP contribution in [0.4, 0.5) is 0 Å². The molecule has 3 heterocycles. The van der Waals surface area contributed by atoms with Crippen LogP contribution in [0.2, 0.25) is 0 Å². The number of carbonyl (C=O) groups excluding carboxylic acids is 3. The van der Waals surface area contributed by atoms with Gasteiger partial charge in [0.25, 0.3) is 0 Å². The van der Waals surface area contributed by atoms with E-state index in [1.165, 1.54) is 27.9 Å². The summed E-state index contributed by atoms with van der Waals surface area (Å²) in [6.45, 7) is 3.84. The van der Waals surface area contributed by atoms with E-state index < -0.39 is 79.5 Å². The van der Waals surface area contributed by atoms with Crippen molar-refractivity contribution in [2.75, 3.05) is 20.3 Å². The molecular formula is C33H40O13. The van der Waals surface area contributed by atoms with Crippen LogP contribution in [0.15, 0.2) is 60.7 Å². The summed E-state index contributed by atoms with van der Waals surface area (Å²) in [6.07, 6.45) is -8.61. The Morgan fingerprint density at radius 2 is 1.50 bits per heavy atom. The molecule has 0 aromatic heterocycles. The van der Waals surface area contributed by atoms with Crippen LogP contribution < -0.4 is 0 Å². The largest absolute Gasteiger partial charge is 0.463 e. The number of carbonyl (C=O) groups is 3. The quantitative estimate of drug-likeness (QED) is 0.261. The zero-order chi connectivity index (χ0) is 32.6. The molecule has 0 amide bonds. The van der Waals surface area contributed by atoms with Gasteiger partial charge in [-0.2, -0.15) is 0 Å². The molecule has 250 valence electrons. The normalized spacial score (nSPS) is 32.5. The lowest BCUT2D eigenvalue weighted by Crippen LogP contribution is -2.65. The Hall–Kier alpha value is -3.43. The first kappa shape index (κ1) is 33.9. The second kappa shape index (κ2) is 15.9. The molecule has 13 heteroatoms. The third-order valence-corrected chi connectivity index (χ3v) is 7.74. The summed E-state index contributed by atoms with van der Waals surface area (Å²) in [4.78, 5) is 35.8. The average molecular weight is 645 g/mol. The number of esters is 3. The number of hydrogen-bond acceptors (Lipinski definition) is 13. The molecule has 13 nitrogen and oxygen atoms in total. The molecule has 3 aliphatic heterocycles. The summed E-state index contributed by atoms with van der Waals surface area (Å²) in [5.74, 6) is -1.78. The van der Waals surface area contributed by atoms with Crippen LogP contribution in [0.1, 0.15) is 44.6 Å². The van der Waals surface area contributed by atoms with Gasteiger partial charge in [0.2, 0.25) is 0 Å². The van der Waals surface area contributed by atoms with E-state index in [2.05, 4.69) is 0 Å². The van der Waals surface area contributed by atoms with E-state index in [1.54, 1.807) is 0 Å². The highest BCUT2D eigenvalue weighted by molar-refractivity contribution is 5.67. The highest BCUT2D eigenvalue weighted by Crippen LogP contribution is 2.39. The monoisotopic (exact) mass is 644 g/mol. The molecule has 46 heavy (non-hydrogen) atoms. The lowest BCUT2D eigenvalue weighted by molar-refractivity contribution is -0.387. The third-order valence-electron chi connectivity index (χ3n) is 7.74. The summed E-state index contributed by atoms with van der Waals surface area (Å²) in [6, 6.07) is 19.1. The molecule has 3 aliphatic rings. The number of methoxy groups -OCH3 is 1. The summed E-state index contributed by atoms with van der Waals surface area (Å²) < 4.78 is 60.1. The molecule has 0 spiro atoms. The van der Waals surface area contributed by atoms with Crippen LogP contribution in [0.3, 0.4) is 0 Å². The van der Waals surface area contributed by atoms with Crippen molar-refractivity contribution in [1.29, 1.82) is 0 Å². The van der Waals surface area contributed by atoms with E-state index >= 15 is 0 Å². The van der Waals surface area contributed by atoms with E-state index in [0.717, 1.165) is 11.1 Å². The molecule has 2 aromatic carbocycles. The fourth-order valence-electron chi connectivity index (χ4n) is 5.77. The first-order valence-electron chi connectivity index (χ1n) is 15.2. The highest BCUT2D eigenvalue weighted by Gasteiger charge is 2.54. The molecule has 3 saturated heterocycles. The number of rotatable bonds is 11. The zero-order valence-electron chi connectivity index (χ0n) is 26.2. The maximum atomic E-state index is 12.1. The molecular weight excluding hydrogens is 604 g/mol. The molecule has 0 radical (unpaired) electrons. The average Bonchev–Trinajstić information content (AvgIpc) is 3.04. The molecule has 3 fully saturated rings. The van der Waals surface area contributed by atoms with Crippen LogP contribution in [0.25, 0.3) is 0 Å². The highest BCUT2D eigenvalue weighted by atomic mass is 16.8. The number of hydrogen-bond donors (Lipinski definition) is 0. The van der Waals surface area contributed by atoms with Crippen LogP contribution in [-0.2, 0) is 68.4 Å². The van der Waals surface area contributed by atoms with Gasteiger partial charge in [0.1, 0.15) is 43.2 Å². The predicted octanol–water partition coefficient (Wildman–Crippen LogP) is 2.98. The minimum atomic E-state index is -1.05. The topological polar surface area (TPSA) is 144 Å². The van der Waals surface area contributed by atoms with Gasteiger partial charge in [-0.3, -0.25) is 14.4 Å². The van der Waals surface area contributed by atoms with Crippen LogP contribution in [0.5, 0.6) is 0 Å². The Labute approximate surface area is 267 Å². The van der Waals surface area contributed by atoms with Crippen molar-refractivity contribution in [1.82, 2.24) is 0 Å². The maximum absolute atomic E-state index is 12.1. The predicted molar refractivity (Wildman–Crippen MR) is 157 cm³/mol. The van der Waals surface area contributed by atoms with Crippen molar-refractivity contribution < 1.29 is 61.8 Å². The Morgan fingerprint density at radius 3 is 2.15 bits per heavy atom. The van der Waals surface area contributed by atoms with Crippen molar-refractivity contribution in [3.05, 3.63) is 71.8 Å². The molecule has 10 unspecified atom stereocenters. The molecule has 2 aromatic rings. The number of benzene rings is 2. The smallest absolute Gasteiger partial charge is 0.303 e. The van der Waals surface area contributed by atoms with Crippen LogP contribution in [0, 0.1) is 0 Å². The fourth-order valence-corrected chi connectivity index (χ4v) is 5.77. The van der Waals surface area contributed by atoms with Gasteiger partial charge in [0, 0.05) is 39.9 Å². The summed E-state index contributed by atoms with van der Waals surface area (Å²) in [7, 11) is 1.50. The van der Waals surface area contributed by atoms with Crippen LogP contribution in [-0.4, -0.2) is 93.5 Å². The van der Waals surface area contributed by atoms with Gasteiger partial charge in [0.05, 0.1) is 13.2 Å². The van der Waals surface area contributed by atoms with Gasteiger partial charge in [-0.1, -0.05) is 60.7 Å². The second-order valence-corrected chi connectivity index (χ2v) is 11.2. The van der Waals surface area contributed by atoms with Gasteiger partial charge < -0.3 is 47.4 Å². The van der Waals surface area contributed by atoms with Gasteiger partial charge in [0.15, 0.2) is 25.0 Å². The first-order valence-corrected chi connectivity index (χ1v) is 15.2. The van der Waals surface area contributed by atoms with Crippen molar-refractivity contribution in [3.63, 3.8) is 0 Å². The fraction of sp³-hybridized carbons (Fsp3) is 0.545. The summed E-state index contributed by atoms with van der Waals surface area (Å²) in [5, 5.41) is 0. The summed E-state index contributed by atoms with van der Waals surface area (Å²) >= 11 is 0. The van der Waals surface area contributed by atoms with E-state index in [-0.39, 0.29) is 26.2 Å². The van der Waals surface area contributed by atoms with Gasteiger partial charge in [-0.25, -0.2) is 0 Å². The standard InChI is InChI=1S/C33H40O13/c1-19(34)38-17-25-28(42-21(3)36)24(41-20(2)35)15-27(43-25)45-30-29-26(18-40-32(46-29)23-13-9-6-10-14-23)44-33(37-4)31(30)39-16-22-11-7-5-8-12-22/h5-14,24-33H,15-18H2,1-4H3. The van der Waals surface area contributed by atoms with E-state index in [9.17, 15) is 14.4 Å². The SMILES string of the molecule is COC1OC2COC(c3ccccc3)OC2C(OC2CC(OC(C)=O)C(OC(C)=O)C(COC(C)=O)O2)C1OCc1ccccc1. The molecule has 0 saturated carbocycles. The molecule has 0 N–H and O–H groups in total. The minimum absolute atomic E-state index is 0.00941. The lowest BCUT2D eigenvalue weighted by Gasteiger charge is -2.50. The Kier molecular flexibility index (Phi) is 11.7. The van der Waals surface area contributed by atoms with Gasteiger partial charge in [-0.05, 0) is 5.56 Å². The second-order valence-electron chi connectivity index (χ2n) is 11.2. The maximum Gasteiger partial charge on any atom is 0.303 e. The zero-order valence-corrected chi connectivity index (χ0v) is 26.2. The molecule has 10 atom stereocenters. The van der Waals surface area contributed by atoms with Crippen molar-refractivity contribution >= 4 is 17.9 Å². The van der Waals surface area contributed by atoms with Crippen molar-refractivity contribution in [2.24, 2.45) is 0 Å². The van der Waals surface area contributed by atoms with Crippen molar-refractivity contribution in [2.45, 2.75) is 95.4 Å². The molecule has 5 rings (SSSR count). The minimum Gasteiger partial charge on any atom is -0.463 e. The van der Waals surface area contributed by atoms with Crippen molar-refractivity contribution in [3.8, 4) is 0 Å². The first-order chi connectivity index (χ1) is 22.2. The molecule has 0 aliphatic carbocycles. The Balaban J connectivity index is 1.45. The van der Waals surface area contributed by atoms with E-state index in [4.69, 9.17) is 47.4 Å². The van der Waals surface area contributed by atoms with Gasteiger partial charge >= 0.3 is 17.9 Å².